The van der Waals surface area contributed by atoms with Gasteiger partial charge in [0.15, 0.2) is 5.78 Å². The molecular formula is C17H18N2O4. The van der Waals surface area contributed by atoms with Gasteiger partial charge in [-0.1, -0.05) is 6.07 Å². The van der Waals surface area contributed by atoms with Crippen LogP contribution in [0.4, 0.5) is 16.2 Å². The van der Waals surface area contributed by atoms with Gasteiger partial charge in [0.2, 0.25) is 0 Å². The lowest BCUT2D eigenvalue weighted by Gasteiger charge is -2.10. The molecule has 120 valence electrons. The van der Waals surface area contributed by atoms with Gasteiger partial charge in [-0.25, -0.2) is 4.79 Å². The summed E-state index contributed by atoms with van der Waals surface area (Å²) < 4.78 is 5.28. The topological polar surface area (TPSA) is 87.7 Å². The first-order chi connectivity index (χ1) is 11.1. The molecule has 6 heteroatoms. The van der Waals surface area contributed by atoms with Crippen molar-refractivity contribution >= 4 is 23.2 Å². The van der Waals surface area contributed by atoms with Gasteiger partial charge in [-0.3, -0.25) is 4.79 Å². The van der Waals surface area contributed by atoms with Crippen LogP contribution in [0.25, 0.3) is 0 Å². The fraction of sp³-hybridized carbons (Fsp3) is 0.176. The lowest BCUT2D eigenvalue weighted by atomic mass is 10.1. The molecule has 0 unspecified atom stereocenters. The normalized spacial score (nSPS) is 10.0. The molecule has 0 fully saturated rings. The van der Waals surface area contributed by atoms with Crippen LogP contribution in [0.3, 0.4) is 0 Å². The molecule has 0 atom stereocenters. The van der Waals surface area contributed by atoms with Crippen LogP contribution in [-0.4, -0.2) is 30.1 Å². The molecule has 0 aliphatic heterocycles. The van der Waals surface area contributed by atoms with Crippen molar-refractivity contribution in [3.8, 4) is 5.75 Å². The molecular weight excluding hydrogens is 296 g/mol. The van der Waals surface area contributed by atoms with Crippen LogP contribution in [-0.2, 0) is 0 Å². The fourth-order valence-electron chi connectivity index (χ4n) is 1.91. The minimum atomic E-state index is -0.403. The second-order valence-corrected chi connectivity index (χ2v) is 4.81. The van der Waals surface area contributed by atoms with E-state index < -0.39 is 6.03 Å². The van der Waals surface area contributed by atoms with Gasteiger partial charge in [0.1, 0.15) is 12.4 Å². The Morgan fingerprint density at radius 2 is 1.74 bits per heavy atom. The van der Waals surface area contributed by atoms with Crippen molar-refractivity contribution in [2.75, 3.05) is 23.8 Å². The maximum absolute atomic E-state index is 12.0. The predicted octanol–water partition coefficient (Wildman–Crippen LogP) is 2.90. The third-order valence-electron chi connectivity index (χ3n) is 3.00. The van der Waals surface area contributed by atoms with E-state index in [4.69, 9.17) is 9.84 Å². The molecule has 6 nitrogen and oxygen atoms in total. The molecule has 0 saturated heterocycles. The van der Waals surface area contributed by atoms with Crippen LogP contribution in [0.15, 0.2) is 48.5 Å². The predicted molar refractivity (Wildman–Crippen MR) is 88.1 cm³/mol. The highest BCUT2D eigenvalue weighted by Gasteiger charge is 2.05. The first-order valence-electron chi connectivity index (χ1n) is 7.11. The SMILES string of the molecule is CC(=O)c1ccc(NC(=O)Nc2cccc(OCCO)c2)cc1. The van der Waals surface area contributed by atoms with Gasteiger partial charge in [-0.15, -0.1) is 0 Å². The van der Waals surface area contributed by atoms with Crippen LogP contribution >= 0.6 is 0 Å². The van der Waals surface area contributed by atoms with Crippen molar-refractivity contribution in [3.05, 3.63) is 54.1 Å². The van der Waals surface area contributed by atoms with Crippen LogP contribution < -0.4 is 15.4 Å². The van der Waals surface area contributed by atoms with Crippen LogP contribution in [0.2, 0.25) is 0 Å². The molecule has 2 aromatic rings. The van der Waals surface area contributed by atoms with E-state index in [0.717, 1.165) is 0 Å². The number of ether oxygens (including phenoxy) is 1. The summed E-state index contributed by atoms with van der Waals surface area (Å²) in [6.45, 7) is 1.60. The van der Waals surface area contributed by atoms with E-state index in [1.54, 1.807) is 48.5 Å². The summed E-state index contributed by atoms with van der Waals surface area (Å²) in [5, 5.41) is 14.1. The van der Waals surface area contributed by atoms with Crippen LogP contribution in [0, 0.1) is 0 Å². The summed E-state index contributed by atoms with van der Waals surface area (Å²) in [4.78, 5) is 23.2. The largest absolute Gasteiger partial charge is 0.491 e. The zero-order valence-corrected chi connectivity index (χ0v) is 12.7. The molecule has 0 radical (unpaired) electrons. The maximum Gasteiger partial charge on any atom is 0.323 e. The number of carbonyl (C=O) groups is 2. The number of ketones is 1. The second-order valence-electron chi connectivity index (χ2n) is 4.81. The molecule has 2 amide bonds. The first-order valence-corrected chi connectivity index (χ1v) is 7.11. The average molecular weight is 314 g/mol. The van der Waals surface area contributed by atoms with Gasteiger partial charge in [-0.2, -0.15) is 0 Å². The summed E-state index contributed by atoms with van der Waals surface area (Å²) in [5.74, 6) is 0.531. The summed E-state index contributed by atoms with van der Waals surface area (Å²) in [5.41, 5.74) is 1.74. The van der Waals surface area contributed by atoms with E-state index in [9.17, 15) is 9.59 Å². The number of nitrogens with one attached hydrogen (secondary N) is 2. The molecule has 0 aliphatic carbocycles. The summed E-state index contributed by atoms with van der Waals surface area (Å²) in [6, 6.07) is 13.1. The summed E-state index contributed by atoms with van der Waals surface area (Å²) in [6.07, 6.45) is 0. The third kappa shape index (κ3) is 5.12. The highest BCUT2D eigenvalue weighted by atomic mass is 16.5. The molecule has 2 aromatic carbocycles. The van der Waals surface area contributed by atoms with Gasteiger partial charge >= 0.3 is 6.03 Å². The molecule has 0 spiro atoms. The number of carbonyl (C=O) groups excluding carboxylic acids is 2. The summed E-state index contributed by atoms with van der Waals surface area (Å²) in [7, 11) is 0. The zero-order chi connectivity index (χ0) is 16.7. The minimum absolute atomic E-state index is 0.0271. The number of benzene rings is 2. The highest BCUT2D eigenvalue weighted by Crippen LogP contribution is 2.18. The van der Waals surface area contributed by atoms with Crippen molar-refractivity contribution in [1.29, 1.82) is 0 Å². The Balaban J connectivity index is 1.95. The molecule has 3 N–H and O–H groups in total. The number of aliphatic hydroxyl groups excluding tert-OH is 1. The number of urea groups is 1. The van der Waals surface area contributed by atoms with Crippen molar-refractivity contribution in [1.82, 2.24) is 0 Å². The van der Waals surface area contributed by atoms with E-state index in [1.807, 2.05) is 0 Å². The Hall–Kier alpha value is -2.86. The average Bonchev–Trinajstić information content (AvgIpc) is 2.53. The molecule has 23 heavy (non-hydrogen) atoms. The fourth-order valence-corrected chi connectivity index (χ4v) is 1.91. The van der Waals surface area contributed by atoms with E-state index in [0.29, 0.717) is 22.7 Å². The minimum Gasteiger partial charge on any atom is -0.491 e. The standard InChI is InChI=1S/C17H18N2O4/c1-12(21)13-5-7-14(8-6-13)18-17(22)19-15-3-2-4-16(11-15)23-10-9-20/h2-8,11,20H,9-10H2,1H3,(H2,18,19,22). The molecule has 0 bridgehead atoms. The molecule has 0 saturated carbocycles. The van der Waals surface area contributed by atoms with Gasteiger partial charge < -0.3 is 20.5 Å². The Labute approximate surface area is 134 Å². The lowest BCUT2D eigenvalue weighted by Crippen LogP contribution is -2.19. The Bertz CT molecular complexity index is 683. The van der Waals surface area contributed by atoms with Crippen molar-refractivity contribution in [2.24, 2.45) is 0 Å². The molecule has 2 rings (SSSR count). The molecule has 0 aromatic heterocycles. The monoisotopic (exact) mass is 314 g/mol. The highest BCUT2D eigenvalue weighted by molar-refractivity contribution is 6.00. The van der Waals surface area contributed by atoms with E-state index >= 15 is 0 Å². The Morgan fingerprint density at radius 1 is 1.04 bits per heavy atom. The number of aliphatic hydroxyl groups is 1. The van der Waals surface area contributed by atoms with Crippen molar-refractivity contribution in [3.63, 3.8) is 0 Å². The van der Waals surface area contributed by atoms with E-state index in [2.05, 4.69) is 10.6 Å². The van der Waals surface area contributed by atoms with Crippen LogP contribution in [0.1, 0.15) is 17.3 Å². The quantitative estimate of drug-likeness (QED) is 0.715. The molecule has 0 aliphatic rings. The Morgan fingerprint density at radius 3 is 2.39 bits per heavy atom. The number of anilines is 2. The van der Waals surface area contributed by atoms with Gasteiger partial charge in [-0.05, 0) is 43.3 Å². The summed E-state index contributed by atoms with van der Waals surface area (Å²) >= 11 is 0. The number of hydrogen-bond donors (Lipinski definition) is 3. The van der Waals surface area contributed by atoms with E-state index in [1.165, 1.54) is 6.92 Å². The number of rotatable bonds is 6. The Kier molecular flexibility index (Phi) is 5.71. The van der Waals surface area contributed by atoms with Gasteiger partial charge in [0.25, 0.3) is 0 Å². The number of amides is 2. The number of hydrogen-bond acceptors (Lipinski definition) is 4. The van der Waals surface area contributed by atoms with Crippen LogP contribution in [0.5, 0.6) is 5.75 Å². The third-order valence-corrected chi connectivity index (χ3v) is 3.00. The second kappa shape index (κ2) is 7.95. The molecule has 0 heterocycles. The number of Topliss-reactive ketones (excluding diaryl/α,β-unsaturated/α-hetero) is 1. The first kappa shape index (κ1) is 16.5. The maximum atomic E-state index is 12.0. The zero-order valence-electron chi connectivity index (χ0n) is 12.7. The van der Waals surface area contributed by atoms with Gasteiger partial charge in [0, 0.05) is 23.0 Å². The smallest absolute Gasteiger partial charge is 0.323 e. The van der Waals surface area contributed by atoms with E-state index in [-0.39, 0.29) is 19.0 Å². The van der Waals surface area contributed by atoms with Crippen molar-refractivity contribution < 1.29 is 19.4 Å². The lowest BCUT2D eigenvalue weighted by molar-refractivity contribution is 0.101. The van der Waals surface area contributed by atoms with Gasteiger partial charge in [0.05, 0.1) is 6.61 Å². The van der Waals surface area contributed by atoms with Crippen molar-refractivity contribution in [2.45, 2.75) is 6.92 Å².